The minimum Gasteiger partial charge on any atom is -0.449 e. The van der Waals surface area contributed by atoms with Crippen LogP contribution in [0.5, 0.6) is 5.75 Å². The third-order valence-corrected chi connectivity index (χ3v) is 7.74. The van der Waals surface area contributed by atoms with Crippen LogP contribution in [0.25, 0.3) is 6.08 Å². The van der Waals surface area contributed by atoms with Crippen molar-refractivity contribution in [1.82, 2.24) is 10.2 Å². The highest BCUT2D eigenvalue weighted by atomic mass is 16.5. The molecular weight excluding hydrogens is 546 g/mol. The summed E-state index contributed by atoms with van der Waals surface area (Å²) in [4.78, 5) is 30.7. The van der Waals surface area contributed by atoms with Crippen LogP contribution in [-0.4, -0.2) is 36.3 Å². The topological polar surface area (TPSA) is 61.9 Å². The van der Waals surface area contributed by atoms with E-state index in [0.29, 0.717) is 24.4 Å². The number of aryl methyl sites for hydroxylation is 1. The van der Waals surface area contributed by atoms with E-state index in [9.17, 15) is 9.59 Å². The zero-order valence-corrected chi connectivity index (χ0v) is 25.7. The maximum absolute atomic E-state index is 13.6. The van der Waals surface area contributed by atoms with Gasteiger partial charge in [0.2, 0.25) is 0 Å². The monoisotopic (exact) mass is 587 g/mol. The smallest absolute Gasteiger partial charge is 0.294 e. The van der Waals surface area contributed by atoms with E-state index >= 15 is 0 Å². The molecule has 0 aliphatic carbocycles. The van der Waals surface area contributed by atoms with Gasteiger partial charge in [-0.15, -0.1) is 0 Å². The number of rotatable bonds is 13. The fourth-order valence-corrected chi connectivity index (χ4v) is 5.39. The molecular formula is C38H41N3O3. The number of carbonyl (C=O) groups excluding carboxylic acids is 2. The van der Waals surface area contributed by atoms with Crippen LogP contribution in [0.4, 0.5) is 5.69 Å². The number of unbranched alkanes of at least 4 members (excludes halogenated alkanes) is 1. The predicted molar refractivity (Wildman–Crippen MR) is 177 cm³/mol. The molecule has 0 aromatic heterocycles. The number of benzene rings is 4. The van der Waals surface area contributed by atoms with Gasteiger partial charge in [-0.1, -0.05) is 97.8 Å². The summed E-state index contributed by atoms with van der Waals surface area (Å²) in [6.07, 6.45) is 4.94. The summed E-state index contributed by atoms with van der Waals surface area (Å²) in [5, 5.41) is 3.06. The first kappa shape index (κ1) is 30.8. The summed E-state index contributed by atoms with van der Waals surface area (Å²) in [5.41, 5.74) is 5.62. The van der Waals surface area contributed by atoms with Crippen LogP contribution < -0.4 is 15.0 Å². The maximum atomic E-state index is 13.6. The highest BCUT2D eigenvalue weighted by Crippen LogP contribution is 2.36. The standard InChI is InChI=1S/C38H41N3O3/c1-3-4-23-40(27-31-13-6-5-7-14-31)24-11-22-39-37(42)33-20-18-30(19-21-33)26-36-38(43)41(28-32-15-10-12-29(2)25-32)34-16-8-9-17-35(34)44-36/h5-10,12-21,25-26H,3-4,11,22-24,27-28H2,1-2H3,(H,39,42). The summed E-state index contributed by atoms with van der Waals surface area (Å²) in [5.74, 6) is 0.582. The van der Waals surface area contributed by atoms with Crippen LogP contribution in [0.2, 0.25) is 0 Å². The first-order valence-electron chi connectivity index (χ1n) is 15.5. The van der Waals surface area contributed by atoms with Gasteiger partial charge < -0.3 is 10.1 Å². The lowest BCUT2D eigenvalue weighted by Gasteiger charge is -2.30. The van der Waals surface area contributed by atoms with Gasteiger partial charge in [-0.05, 0) is 73.3 Å². The van der Waals surface area contributed by atoms with Gasteiger partial charge in [-0.25, -0.2) is 0 Å². The number of para-hydroxylation sites is 2. The molecule has 6 heteroatoms. The van der Waals surface area contributed by atoms with E-state index in [2.05, 4.69) is 47.5 Å². The van der Waals surface area contributed by atoms with Crippen molar-refractivity contribution < 1.29 is 14.3 Å². The second-order valence-corrected chi connectivity index (χ2v) is 11.3. The Hall–Kier alpha value is -4.68. The van der Waals surface area contributed by atoms with E-state index < -0.39 is 0 Å². The number of ether oxygens (including phenoxy) is 1. The molecule has 0 spiro atoms. The van der Waals surface area contributed by atoms with Crippen molar-refractivity contribution in [2.75, 3.05) is 24.5 Å². The van der Waals surface area contributed by atoms with E-state index in [1.54, 1.807) is 23.1 Å². The number of fused-ring (bicyclic) bond motifs is 1. The van der Waals surface area contributed by atoms with Crippen molar-refractivity contribution in [3.63, 3.8) is 0 Å². The first-order chi connectivity index (χ1) is 21.5. The van der Waals surface area contributed by atoms with Gasteiger partial charge in [0.1, 0.15) is 0 Å². The van der Waals surface area contributed by atoms with Crippen molar-refractivity contribution >= 4 is 23.6 Å². The van der Waals surface area contributed by atoms with Crippen molar-refractivity contribution in [3.05, 3.63) is 137 Å². The van der Waals surface area contributed by atoms with Crippen LogP contribution in [-0.2, 0) is 17.9 Å². The van der Waals surface area contributed by atoms with Gasteiger partial charge in [-0.2, -0.15) is 0 Å². The lowest BCUT2D eigenvalue weighted by atomic mass is 10.1. The highest BCUT2D eigenvalue weighted by Gasteiger charge is 2.30. The number of carbonyl (C=O) groups is 2. The van der Waals surface area contributed by atoms with E-state index in [-0.39, 0.29) is 17.6 Å². The minimum absolute atomic E-state index is 0.101. The molecule has 44 heavy (non-hydrogen) atoms. The average molecular weight is 588 g/mol. The van der Waals surface area contributed by atoms with E-state index in [1.165, 1.54) is 5.56 Å². The molecule has 1 aliphatic rings. The summed E-state index contributed by atoms with van der Waals surface area (Å²) in [6, 6.07) is 33.5. The zero-order valence-electron chi connectivity index (χ0n) is 25.7. The molecule has 1 heterocycles. The normalized spacial score (nSPS) is 13.6. The Morgan fingerprint density at radius 2 is 1.59 bits per heavy atom. The summed E-state index contributed by atoms with van der Waals surface area (Å²) in [6.45, 7) is 8.22. The molecule has 0 radical (unpaired) electrons. The summed E-state index contributed by atoms with van der Waals surface area (Å²) < 4.78 is 6.05. The molecule has 0 atom stereocenters. The van der Waals surface area contributed by atoms with Crippen LogP contribution in [0.1, 0.15) is 58.8 Å². The number of hydrogen-bond acceptors (Lipinski definition) is 4. The second-order valence-electron chi connectivity index (χ2n) is 11.3. The van der Waals surface area contributed by atoms with E-state index in [0.717, 1.165) is 61.3 Å². The van der Waals surface area contributed by atoms with Crippen LogP contribution in [0, 0.1) is 6.92 Å². The van der Waals surface area contributed by atoms with Crippen molar-refractivity contribution in [1.29, 1.82) is 0 Å². The highest BCUT2D eigenvalue weighted by molar-refractivity contribution is 6.09. The first-order valence-corrected chi connectivity index (χ1v) is 15.5. The Balaban J connectivity index is 1.19. The molecule has 4 aromatic rings. The molecule has 0 saturated heterocycles. The Labute approximate surface area is 261 Å². The quantitative estimate of drug-likeness (QED) is 0.131. The minimum atomic E-state index is -0.202. The van der Waals surface area contributed by atoms with E-state index in [1.807, 2.05) is 67.6 Å². The fourth-order valence-electron chi connectivity index (χ4n) is 5.39. The molecule has 0 unspecified atom stereocenters. The Morgan fingerprint density at radius 1 is 0.864 bits per heavy atom. The molecule has 0 saturated carbocycles. The molecule has 6 nitrogen and oxygen atoms in total. The largest absolute Gasteiger partial charge is 0.449 e. The lowest BCUT2D eigenvalue weighted by molar-refractivity contribution is -0.117. The predicted octanol–water partition coefficient (Wildman–Crippen LogP) is 7.38. The number of nitrogens with zero attached hydrogens (tertiary/aromatic N) is 2. The third kappa shape index (κ3) is 8.23. The molecule has 0 bridgehead atoms. The average Bonchev–Trinajstić information content (AvgIpc) is 3.04. The third-order valence-electron chi connectivity index (χ3n) is 7.74. The van der Waals surface area contributed by atoms with E-state index in [4.69, 9.17) is 4.74 Å². The van der Waals surface area contributed by atoms with Gasteiger partial charge in [0.15, 0.2) is 11.5 Å². The molecule has 226 valence electrons. The van der Waals surface area contributed by atoms with Crippen LogP contribution >= 0.6 is 0 Å². The van der Waals surface area contributed by atoms with Crippen LogP contribution in [0.15, 0.2) is 109 Å². The number of hydrogen-bond donors (Lipinski definition) is 1. The summed E-state index contributed by atoms with van der Waals surface area (Å²) >= 11 is 0. The van der Waals surface area contributed by atoms with Gasteiger partial charge in [0, 0.05) is 25.2 Å². The van der Waals surface area contributed by atoms with Gasteiger partial charge in [0.05, 0.1) is 12.2 Å². The summed E-state index contributed by atoms with van der Waals surface area (Å²) in [7, 11) is 0. The van der Waals surface area contributed by atoms with Crippen molar-refractivity contribution in [2.24, 2.45) is 0 Å². The number of nitrogens with one attached hydrogen (secondary N) is 1. The second kappa shape index (κ2) is 15.2. The SMILES string of the molecule is CCCCN(CCCNC(=O)c1ccc(C=C2Oc3ccccc3N(Cc3cccc(C)c3)C2=O)cc1)Cc1ccccc1. The Morgan fingerprint density at radius 3 is 2.36 bits per heavy atom. The van der Waals surface area contributed by atoms with Gasteiger partial charge in [-0.3, -0.25) is 19.4 Å². The molecule has 4 aromatic carbocycles. The van der Waals surface area contributed by atoms with Crippen LogP contribution in [0.3, 0.4) is 0 Å². The Bertz CT molecular complexity index is 1580. The molecule has 5 rings (SSSR count). The molecule has 2 amide bonds. The van der Waals surface area contributed by atoms with Gasteiger partial charge >= 0.3 is 0 Å². The number of amides is 2. The van der Waals surface area contributed by atoms with Crippen molar-refractivity contribution in [3.8, 4) is 5.75 Å². The van der Waals surface area contributed by atoms with Gasteiger partial charge in [0.25, 0.3) is 11.8 Å². The maximum Gasteiger partial charge on any atom is 0.294 e. The molecule has 1 aliphatic heterocycles. The lowest BCUT2D eigenvalue weighted by Crippen LogP contribution is -2.36. The Kier molecular flexibility index (Phi) is 10.6. The fraction of sp³-hybridized carbons (Fsp3) is 0.263. The van der Waals surface area contributed by atoms with Crippen molar-refractivity contribution in [2.45, 2.75) is 46.2 Å². The molecule has 0 fully saturated rings. The molecule has 1 N–H and O–H groups in total. The number of anilines is 1. The zero-order chi connectivity index (χ0) is 30.7.